The predicted molar refractivity (Wildman–Crippen MR) is 73.0 cm³/mol. The van der Waals surface area contributed by atoms with Crippen molar-refractivity contribution in [1.82, 2.24) is 9.97 Å². The van der Waals surface area contributed by atoms with Gasteiger partial charge in [-0.1, -0.05) is 13.3 Å². The van der Waals surface area contributed by atoms with E-state index in [9.17, 15) is 0 Å². The van der Waals surface area contributed by atoms with Crippen molar-refractivity contribution in [2.45, 2.75) is 46.1 Å². The molecule has 0 spiro atoms. The molecule has 4 nitrogen and oxygen atoms in total. The summed E-state index contributed by atoms with van der Waals surface area (Å²) in [5.74, 6) is 2.35. The summed E-state index contributed by atoms with van der Waals surface area (Å²) in [5, 5.41) is 0. The molecule has 0 saturated carbocycles. The summed E-state index contributed by atoms with van der Waals surface area (Å²) < 4.78 is 5.75. The summed E-state index contributed by atoms with van der Waals surface area (Å²) in [6.07, 6.45) is 7.37. The minimum absolute atomic E-state index is 0.132. The van der Waals surface area contributed by atoms with Crippen molar-refractivity contribution in [2.75, 3.05) is 18.0 Å². The quantitative estimate of drug-likeness (QED) is 0.822. The molecule has 0 radical (unpaired) electrons. The lowest BCUT2D eigenvalue weighted by molar-refractivity contribution is 0.231. The van der Waals surface area contributed by atoms with Gasteiger partial charge < -0.3 is 9.64 Å². The van der Waals surface area contributed by atoms with Gasteiger partial charge in [-0.15, -0.1) is 0 Å². The second-order valence-corrected chi connectivity index (χ2v) is 5.21. The SMILES string of the molecule is CCC1CCCN(c2nccnc2OC(C)C)C1. The van der Waals surface area contributed by atoms with E-state index in [1.807, 2.05) is 13.8 Å². The van der Waals surface area contributed by atoms with Crippen LogP contribution in [-0.2, 0) is 0 Å². The molecule has 0 aromatic carbocycles. The van der Waals surface area contributed by atoms with Crippen molar-refractivity contribution in [1.29, 1.82) is 0 Å². The summed E-state index contributed by atoms with van der Waals surface area (Å²) >= 11 is 0. The van der Waals surface area contributed by atoms with E-state index in [1.165, 1.54) is 19.3 Å². The molecular weight excluding hydrogens is 226 g/mol. The minimum atomic E-state index is 0.132. The molecule has 1 aliphatic heterocycles. The first-order chi connectivity index (χ1) is 8.70. The third kappa shape index (κ3) is 3.12. The van der Waals surface area contributed by atoms with Gasteiger partial charge in [0.15, 0.2) is 5.82 Å². The largest absolute Gasteiger partial charge is 0.472 e. The van der Waals surface area contributed by atoms with E-state index in [0.29, 0.717) is 5.88 Å². The van der Waals surface area contributed by atoms with E-state index >= 15 is 0 Å². The fourth-order valence-electron chi connectivity index (χ4n) is 2.43. The Morgan fingerprint density at radius 3 is 2.89 bits per heavy atom. The highest BCUT2D eigenvalue weighted by Crippen LogP contribution is 2.29. The highest BCUT2D eigenvalue weighted by Gasteiger charge is 2.23. The van der Waals surface area contributed by atoms with E-state index in [2.05, 4.69) is 21.8 Å². The molecule has 18 heavy (non-hydrogen) atoms. The average molecular weight is 249 g/mol. The number of aromatic nitrogens is 2. The van der Waals surface area contributed by atoms with Gasteiger partial charge in [0.25, 0.3) is 5.88 Å². The van der Waals surface area contributed by atoms with Crippen molar-refractivity contribution in [2.24, 2.45) is 5.92 Å². The van der Waals surface area contributed by atoms with Crippen molar-refractivity contribution < 1.29 is 4.74 Å². The number of hydrogen-bond donors (Lipinski definition) is 0. The molecule has 1 unspecified atom stereocenters. The number of rotatable bonds is 4. The predicted octanol–water partition coefficient (Wildman–Crippen LogP) is 2.89. The fraction of sp³-hybridized carbons (Fsp3) is 0.714. The smallest absolute Gasteiger partial charge is 0.257 e. The Morgan fingerprint density at radius 1 is 1.39 bits per heavy atom. The first-order valence-corrected chi connectivity index (χ1v) is 6.93. The van der Waals surface area contributed by atoms with Crippen LogP contribution in [0, 0.1) is 5.92 Å². The maximum absolute atomic E-state index is 5.75. The second kappa shape index (κ2) is 6.03. The van der Waals surface area contributed by atoms with Gasteiger partial charge in [0.2, 0.25) is 0 Å². The molecule has 2 heterocycles. The lowest BCUT2D eigenvalue weighted by Gasteiger charge is -2.33. The summed E-state index contributed by atoms with van der Waals surface area (Å²) in [5.41, 5.74) is 0. The molecule has 1 aliphatic rings. The summed E-state index contributed by atoms with van der Waals surface area (Å²) in [7, 11) is 0. The fourth-order valence-corrected chi connectivity index (χ4v) is 2.43. The van der Waals surface area contributed by atoms with Gasteiger partial charge in [-0.3, -0.25) is 0 Å². The molecule has 0 bridgehead atoms. The van der Waals surface area contributed by atoms with Gasteiger partial charge in [0.1, 0.15) is 0 Å². The third-order valence-electron chi connectivity index (χ3n) is 3.39. The van der Waals surface area contributed by atoms with E-state index in [-0.39, 0.29) is 6.10 Å². The maximum atomic E-state index is 5.75. The highest BCUT2D eigenvalue weighted by atomic mass is 16.5. The summed E-state index contributed by atoms with van der Waals surface area (Å²) in [4.78, 5) is 11.1. The normalized spacial score (nSPS) is 20.2. The van der Waals surface area contributed by atoms with Crippen LogP contribution in [0.25, 0.3) is 0 Å². The Balaban J connectivity index is 2.16. The standard InChI is InChI=1S/C14H23N3O/c1-4-12-6-5-9-17(10-12)13-14(18-11(2)3)16-8-7-15-13/h7-8,11-12H,4-6,9-10H2,1-3H3. The molecule has 2 rings (SSSR count). The third-order valence-corrected chi connectivity index (χ3v) is 3.39. The summed E-state index contributed by atoms with van der Waals surface area (Å²) in [6, 6.07) is 0. The minimum Gasteiger partial charge on any atom is -0.472 e. The zero-order valence-electron chi connectivity index (χ0n) is 11.6. The second-order valence-electron chi connectivity index (χ2n) is 5.21. The number of ether oxygens (including phenoxy) is 1. The Bertz CT molecular complexity index is 381. The molecule has 0 amide bonds. The van der Waals surface area contributed by atoms with Crippen LogP contribution in [0.5, 0.6) is 5.88 Å². The van der Waals surface area contributed by atoms with E-state index < -0.39 is 0 Å². The first kappa shape index (κ1) is 13.1. The molecule has 1 aromatic rings. The Kier molecular flexibility index (Phi) is 4.39. The topological polar surface area (TPSA) is 38.2 Å². The van der Waals surface area contributed by atoms with Crippen molar-refractivity contribution in [3.8, 4) is 5.88 Å². The zero-order valence-corrected chi connectivity index (χ0v) is 11.6. The van der Waals surface area contributed by atoms with Crippen molar-refractivity contribution >= 4 is 5.82 Å². The van der Waals surface area contributed by atoms with Gasteiger partial charge in [0.05, 0.1) is 6.10 Å². The number of piperidine rings is 1. The van der Waals surface area contributed by atoms with Crippen LogP contribution in [0.3, 0.4) is 0 Å². The maximum Gasteiger partial charge on any atom is 0.257 e. The van der Waals surface area contributed by atoms with Gasteiger partial charge >= 0.3 is 0 Å². The molecule has 1 fully saturated rings. The van der Waals surface area contributed by atoms with E-state index in [4.69, 9.17) is 4.74 Å². The lowest BCUT2D eigenvalue weighted by Crippen LogP contribution is -2.36. The van der Waals surface area contributed by atoms with Crippen molar-refractivity contribution in [3.05, 3.63) is 12.4 Å². The average Bonchev–Trinajstić information content (AvgIpc) is 2.39. The molecule has 1 saturated heterocycles. The van der Waals surface area contributed by atoms with Gasteiger partial charge in [-0.25, -0.2) is 9.97 Å². The summed E-state index contributed by atoms with van der Waals surface area (Å²) in [6.45, 7) is 8.43. The van der Waals surface area contributed by atoms with Crippen LogP contribution >= 0.6 is 0 Å². The Morgan fingerprint density at radius 2 is 2.17 bits per heavy atom. The van der Waals surface area contributed by atoms with Crippen LogP contribution in [0.15, 0.2) is 12.4 Å². The molecule has 4 heteroatoms. The monoisotopic (exact) mass is 249 g/mol. The van der Waals surface area contributed by atoms with Crippen LogP contribution in [-0.4, -0.2) is 29.2 Å². The van der Waals surface area contributed by atoms with Crippen LogP contribution in [0.2, 0.25) is 0 Å². The van der Waals surface area contributed by atoms with Crippen LogP contribution in [0.4, 0.5) is 5.82 Å². The molecule has 100 valence electrons. The Labute approximate surface area is 109 Å². The van der Waals surface area contributed by atoms with E-state index in [0.717, 1.165) is 24.8 Å². The van der Waals surface area contributed by atoms with Crippen LogP contribution < -0.4 is 9.64 Å². The van der Waals surface area contributed by atoms with Gasteiger partial charge in [-0.05, 0) is 32.6 Å². The van der Waals surface area contributed by atoms with Crippen molar-refractivity contribution in [3.63, 3.8) is 0 Å². The van der Waals surface area contributed by atoms with E-state index in [1.54, 1.807) is 12.4 Å². The van der Waals surface area contributed by atoms with Crippen LogP contribution in [0.1, 0.15) is 40.0 Å². The van der Waals surface area contributed by atoms with Gasteiger partial charge in [0, 0.05) is 25.5 Å². The number of nitrogens with zero attached hydrogens (tertiary/aromatic N) is 3. The lowest BCUT2D eigenvalue weighted by atomic mass is 9.96. The number of hydrogen-bond acceptors (Lipinski definition) is 4. The Hall–Kier alpha value is -1.32. The molecule has 0 aliphatic carbocycles. The molecule has 0 N–H and O–H groups in total. The zero-order chi connectivity index (χ0) is 13.0. The van der Waals surface area contributed by atoms with Gasteiger partial charge in [-0.2, -0.15) is 0 Å². The molecular formula is C14H23N3O. The highest BCUT2D eigenvalue weighted by molar-refractivity contribution is 5.48. The molecule has 1 atom stereocenters. The first-order valence-electron chi connectivity index (χ1n) is 6.93. The molecule has 1 aromatic heterocycles. The number of anilines is 1.